The number of imidazole rings is 1. The summed E-state index contributed by atoms with van der Waals surface area (Å²) < 4.78 is 2.16. The number of nitrogens with one attached hydrogen (secondary N) is 1. The average molecular weight is 239 g/mol. The van der Waals surface area contributed by atoms with Crippen molar-refractivity contribution in [3.8, 4) is 5.69 Å². The Balaban J connectivity index is 1.71. The van der Waals surface area contributed by atoms with E-state index in [1.54, 1.807) is 0 Å². The molecule has 2 aliphatic rings. The molecule has 1 aromatic heterocycles. The first kappa shape index (κ1) is 10.2. The fraction of sp³-hybridized carbons (Fsp3) is 0.400. The monoisotopic (exact) mass is 239 g/mol. The van der Waals surface area contributed by atoms with Crippen molar-refractivity contribution in [1.82, 2.24) is 9.55 Å². The molecule has 4 rings (SSSR count). The maximum Gasteiger partial charge on any atom is 0.207 e. The molecule has 0 bridgehead atoms. The number of anilines is 1. The van der Waals surface area contributed by atoms with Crippen LogP contribution in [0.4, 0.5) is 5.95 Å². The lowest BCUT2D eigenvalue weighted by atomic mass is 10.1. The lowest BCUT2D eigenvalue weighted by Gasteiger charge is -2.10. The van der Waals surface area contributed by atoms with Crippen molar-refractivity contribution in [2.75, 3.05) is 5.32 Å². The van der Waals surface area contributed by atoms with Gasteiger partial charge in [0, 0.05) is 24.1 Å². The van der Waals surface area contributed by atoms with Crippen LogP contribution in [0.15, 0.2) is 30.6 Å². The fourth-order valence-electron chi connectivity index (χ4n) is 2.74. The van der Waals surface area contributed by atoms with E-state index in [0.717, 1.165) is 5.95 Å². The van der Waals surface area contributed by atoms with Crippen LogP contribution in [0, 0.1) is 0 Å². The molecule has 0 atom stereocenters. The average Bonchev–Trinajstić information content (AvgIpc) is 2.91. The third kappa shape index (κ3) is 1.70. The Morgan fingerprint density at radius 3 is 2.94 bits per heavy atom. The fourth-order valence-corrected chi connectivity index (χ4v) is 2.74. The highest BCUT2D eigenvalue weighted by molar-refractivity contribution is 5.47. The Morgan fingerprint density at radius 1 is 1.17 bits per heavy atom. The van der Waals surface area contributed by atoms with E-state index in [4.69, 9.17) is 0 Å². The van der Waals surface area contributed by atoms with Gasteiger partial charge in [-0.2, -0.15) is 0 Å². The number of aryl methyl sites for hydroxylation is 2. The van der Waals surface area contributed by atoms with E-state index in [1.807, 2.05) is 12.4 Å². The van der Waals surface area contributed by atoms with Crippen molar-refractivity contribution in [3.63, 3.8) is 0 Å². The van der Waals surface area contributed by atoms with Crippen LogP contribution in [0.1, 0.15) is 30.4 Å². The van der Waals surface area contributed by atoms with Crippen LogP contribution in [0.3, 0.4) is 0 Å². The standard InChI is InChI=1S/C15H17N3/c1-2-11-4-7-14(10-12(11)3-1)18-9-8-16-15(18)17-13-5-6-13/h4,7-10,13H,1-3,5-6H2,(H,16,17). The van der Waals surface area contributed by atoms with Gasteiger partial charge in [-0.25, -0.2) is 4.98 Å². The number of hydrogen-bond donors (Lipinski definition) is 1. The molecule has 0 amide bonds. The molecule has 18 heavy (non-hydrogen) atoms. The van der Waals surface area contributed by atoms with Crippen molar-refractivity contribution in [2.45, 2.75) is 38.1 Å². The number of fused-ring (bicyclic) bond motifs is 1. The second-order valence-corrected chi connectivity index (χ2v) is 5.35. The van der Waals surface area contributed by atoms with E-state index in [2.05, 4.69) is 33.1 Å². The second-order valence-electron chi connectivity index (χ2n) is 5.35. The van der Waals surface area contributed by atoms with E-state index in [0.29, 0.717) is 6.04 Å². The lowest BCUT2D eigenvalue weighted by molar-refractivity contribution is 0.911. The van der Waals surface area contributed by atoms with Crippen molar-refractivity contribution in [1.29, 1.82) is 0 Å². The summed E-state index contributed by atoms with van der Waals surface area (Å²) in [5.74, 6) is 0.982. The van der Waals surface area contributed by atoms with Gasteiger partial charge in [0.15, 0.2) is 0 Å². The van der Waals surface area contributed by atoms with E-state index in [1.165, 1.54) is 48.9 Å². The molecule has 92 valence electrons. The van der Waals surface area contributed by atoms with Gasteiger partial charge in [0.1, 0.15) is 0 Å². The summed E-state index contributed by atoms with van der Waals surface area (Å²) in [5, 5.41) is 3.48. The van der Waals surface area contributed by atoms with Gasteiger partial charge in [0.2, 0.25) is 5.95 Å². The SMILES string of the molecule is c1cn(-c2ccc3c(c2)CCC3)c(NC2CC2)n1. The van der Waals surface area contributed by atoms with Crippen molar-refractivity contribution in [3.05, 3.63) is 41.7 Å². The third-order valence-electron chi connectivity index (χ3n) is 3.91. The molecule has 2 aromatic rings. The van der Waals surface area contributed by atoms with E-state index in [9.17, 15) is 0 Å². The van der Waals surface area contributed by atoms with Gasteiger partial charge in [0.25, 0.3) is 0 Å². The Labute approximate surface area is 107 Å². The summed E-state index contributed by atoms with van der Waals surface area (Å²) in [6, 6.07) is 7.45. The molecule has 0 aliphatic heterocycles. The van der Waals surface area contributed by atoms with Crippen LogP contribution in [0.25, 0.3) is 5.69 Å². The molecule has 2 aliphatic carbocycles. The number of benzene rings is 1. The summed E-state index contributed by atoms with van der Waals surface area (Å²) in [7, 11) is 0. The molecule has 0 spiro atoms. The molecule has 0 radical (unpaired) electrons. The van der Waals surface area contributed by atoms with Gasteiger partial charge in [-0.3, -0.25) is 4.57 Å². The molecule has 3 nitrogen and oxygen atoms in total. The third-order valence-corrected chi connectivity index (χ3v) is 3.91. The van der Waals surface area contributed by atoms with Crippen molar-refractivity contribution >= 4 is 5.95 Å². The van der Waals surface area contributed by atoms with Crippen molar-refractivity contribution < 1.29 is 0 Å². The zero-order chi connectivity index (χ0) is 11.9. The molecule has 1 aromatic carbocycles. The van der Waals surface area contributed by atoms with E-state index >= 15 is 0 Å². The molecule has 1 N–H and O–H groups in total. The quantitative estimate of drug-likeness (QED) is 0.892. The van der Waals surface area contributed by atoms with Crippen LogP contribution >= 0.6 is 0 Å². The van der Waals surface area contributed by atoms with Gasteiger partial charge >= 0.3 is 0 Å². The van der Waals surface area contributed by atoms with Gasteiger partial charge in [-0.15, -0.1) is 0 Å². The van der Waals surface area contributed by atoms with Crippen LogP contribution < -0.4 is 5.32 Å². The first-order valence-corrected chi connectivity index (χ1v) is 6.82. The lowest BCUT2D eigenvalue weighted by Crippen LogP contribution is -2.07. The molecule has 1 heterocycles. The smallest absolute Gasteiger partial charge is 0.207 e. The Kier molecular flexibility index (Phi) is 2.19. The zero-order valence-electron chi connectivity index (χ0n) is 10.4. The van der Waals surface area contributed by atoms with Crippen LogP contribution in [0.2, 0.25) is 0 Å². The summed E-state index contributed by atoms with van der Waals surface area (Å²) >= 11 is 0. The highest BCUT2D eigenvalue weighted by Gasteiger charge is 2.23. The molecular formula is C15H17N3. The van der Waals surface area contributed by atoms with Gasteiger partial charge in [-0.05, 0) is 55.4 Å². The minimum absolute atomic E-state index is 0.639. The Bertz CT molecular complexity index is 581. The molecule has 3 heteroatoms. The predicted molar refractivity (Wildman–Crippen MR) is 72.2 cm³/mol. The maximum absolute atomic E-state index is 4.42. The minimum atomic E-state index is 0.639. The first-order valence-electron chi connectivity index (χ1n) is 6.82. The molecule has 1 saturated carbocycles. The van der Waals surface area contributed by atoms with Gasteiger partial charge in [-0.1, -0.05) is 6.07 Å². The van der Waals surface area contributed by atoms with Gasteiger partial charge < -0.3 is 5.32 Å². The van der Waals surface area contributed by atoms with Crippen LogP contribution in [0.5, 0.6) is 0 Å². The molecule has 0 saturated heterocycles. The van der Waals surface area contributed by atoms with Crippen LogP contribution in [-0.2, 0) is 12.8 Å². The van der Waals surface area contributed by atoms with E-state index in [-0.39, 0.29) is 0 Å². The van der Waals surface area contributed by atoms with Crippen molar-refractivity contribution in [2.24, 2.45) is 0 Å². The zero-order valence-corrected chi connectivity index (χ0v) is 10.4. The highest BCUT2D eigenvalue weighted by atomic mass is 15.2. The predicted octanol–water partition coefficient (Wildman–Crippen LogP) is 2.94. The number of aromatic nitrogens is 2. The van der Waals surface area contributed by atoms with E-state index < -0.39 is 0 Å². The summed E-state index contributed by atoms with van der Waals surface area (Å²) in [6.45, 7) is 0. The molecular weight excluding hydrogens is 222 g/mol. The maximum atomic E-state index is 4.42. The largest absolute Gasteiger partial charge is 0.353 e. The number of rotatable bonds is 3. The Hall–Kier alpha value is -1.77. The normalized spacial score (nSPS) is 17.8. The summed E-state index contributed by atoms with van der Waals surface area (Å²) in [6.07, 6.45) is 10.2. The number of nitrogens with zero attached hydrogens (tertiary/aromatic N) is 2. The van der Waals surface area contributed by atoms with Gasteiger partial charge in [0.05, 0.1) is 0 Å². The minimum Gasteiger partial charge on any atom is -0.353 e. The second kappa shape index (κ2) is 3.87. The highest BCUT2D eigenvalue weighted by Crippen LogP contribution is 2.28. The topological polar surface area (TPSA) is 29.9 Å². The first-order chi connectivity index (χ1) is 8.90. The molecule has 0 unspecified atom stereocenters. The summed E-state index contributed by atoms with van der Waals surface area (Å²) in [5.41, 5.74) is 4.27. The summed E-state index contributed by atoms with van der Waals surface area (Å²) in [4.78, 5) is 4.42. The number of hydrogen-bond acceptors (Lipinski definition) is 2. The molecule has 1 fully saturated rings. The Morgan fingerprint density at radius 2 is 2.06 bits per heavy atom. The van der Waals surface area contributed by atoms with Crippen LogP contribution in [-0.4, -0.2) is 15.6 Å².